The van der Waals surface area contributed by atoms with Crippen LogP contribution in [0.5, 0.6) is 0 Å². The highest BCUT2D eigenvalue weighted by molar-refractivity contribution is 5.89. The van der Waals surface area contributed by atoms with Gasteiger partial charge in [0.15, 0.2) is 0 Å². The lowest BCUT2D eigenvalue weighted by atomic mass is 10.2. The van der Waals surface area contributed by atoms with Crippen molar-refractivity contribution in [3.63, 3.8) is 0 Å². The molecule has 0 aliphatic heterocycles. The van der Waals surface area contributed by atoms with Gasteiger partial charge in [-0.2, -0.15) is 13.2 Å². The lowest BCUT2D eigenvalue weighted by Crippen LogP contribution is -2.05. The van der Waals surface area contributed by atoms with Crippen LogP contribution in [0.3, 0.4) is 0 Å². The van der Waals surface area contributed by atoms with E-state index in [4.69, 9.17) is 0 Å². The molecule has 0 saturated carbocycles. The van der Waals surface area contributed by atoms with E-state index in [-0.39, 0.29) is 0 Å². The van der Waals surface area contributed by atoms with E-state index in [1.807, 2.05) is 13.0 Å². The minimum atomic E-state index is -4.37. The summed E-state index contributed by atoms with van der Waals surface area (Å²) in [4.78, 5) is 11.2. The minimum absolute atomic E-state index is 0.323. The summed E-state index contributed by atoms with van der Waals surface area (Å²) in [5.41, 5.74) is 1.15. The Kier molecular flexibility index (Phi) is 3.04. The van der Waals surface area contributed by atoms with Crippen molar-refractivity contribution >= 4 is 22.5 Å². The second-order valence-electron chi connectivity index (χ2n) is 4.64. The first-order valence-electron chi connectivity index (χ1n) is 6.18. The molecule has 1 aromatic carbocycles. The number of hydrogen-bond donors (Lipinski definition) is 2. The van der Waals surface area contributed by atoms with Crippen LogP contribution in [0.4, 0.5) is 24.7 Å². The molecule has 0 aliphatic carbocycles. The summed E-state index contributed by atoms with van der Waals surface area (Å²) in [6, 6.07) is 6.83. The number of aromatic amines is 1. The van der Waals surface area contributed by atoms with E-state index in [1.54, 1.807) is 6.07 Å². The SMILES string of the molecule is Cc1cc2c(Nc3cccc(C(F)(F)F)c3)ncnc2[nH]1. The fraction of sp³-hybridized carbons (Fsp3) is 0.143. The molecule has 0 saturated heterocycles. The van der Waals surface area contributed by atoms with E-state index < -0.39 is 11.7 Å². The number of H-pyrrole nitrogens is 1. The van der Waals surface area contributed by atoms with Gasteiger partial charge in [0.1, 0.15) is 17.8 Å². The third-order valence-corrected chi connectivity index (χ3v) is 3.01. The van der Waals surface area contributed by atoms with Gasteiger partial charge in [0.05, 0.1) is 10.9 Å². The molecule has 4 nitrogen and oxygen atoms in total. The average molecular weight is 292 g/mol. The molecule has 0 atom stereocenters. The van der Waals surface area contributed by atoms with Crippen molar-refractivity contribution in [2.75, 3.05) is 5.32 Å². The Bertz CT molecular complexity index is 792. The maximum atomic E-state index is 12.7. The maximum absolute atomic E-state index is 12.7. The molecular formula is C14H11F3N4. The second-order valence-corrected chi connectivity index (χ2v) is 4.64. The van der Waals surface area contributed by atoms with Gasteiger partial charge in [0, 0.05) is 11.4 Å². The first-order valence-corrected chi connectivity index (χ1v) is 6.18. The highest BCUT2D eigenvalue weighted by atomic mass is 19.4. The smallest absolute Gasteiger partial charge is 0.343 e. The van der Waals surface area contributed by atoms with Crippen molar-refractivity contribution in [1.82, 2.24) is 15.0 Å². The predicted octanol–water partition coefficient (Wildman–Crippen LogP) is 4.03. The first kappa shape index (κ1) is 13.4. The Hall–Kier alpha value is -2.57. The van der Waals surface area contributed by atoms with Crippen LogP contribution in [0.15, 0.2) is 36.7 Å². The van der Waals surface area contributed by atoms with E-state index in [9.17, 15) is 13.2 Å². The van der Waals surface area contributed by atoms with Crippen LogP contribution in [0, 0.1) is 6.92 Å². The predicted molar refractivity (Wildman–Crippen MR) is 73.4 cm³/mol. The molecule has 21 heavy (non-hydrogen) atoms. The van der Waals surface area contributed by atoms with E-state index in [0.717, 1.165) is 23.2 Å². The molecule has 108 valence electrons. The summed E-state index contributed by atoms with van der Waals surface area (Å²) in [7, 11) is 0. The number of anilines is 2. The Labute approximate surface area is 118 Å². The number of rotatable bonds is 2. The zero-order chi connectivity index (χ0) is 15.0. The molecule has 0 amide bonds. The van der Waals surface area contributed by atoms with E-state index in [2.05, 4.69) is 20.3 Å². The zero-order valence-electron chi connectivity index (χ0n) is 11.0. The Morgan fingerprint density at radius 2 is 1.95 bits per heavy atom. The molecule has 2 aromatic heterocycles. The normalized spacial score (nSPS) is 11.8. The van der Waals surface area contributed by atoms with Crippen molar-refractivity contribution in [1.29, 1.82) is 0 Å². The molecule has 0 bridgehead atoms. The minimum Gasteiger partial charge on any atom is -0.343 e. The maximum Gasteiger partial charge on any atom is 0.416 e. The third kappa shape index (κ3) is 2.67. The third-order valence-electron chi connectivity index (χ3n) is 3.01. The van der Waals surface area contributed by atoms with Crippen molar-refractivity contribution in [2.45, 2.75) is 13.1 Å². The molecule has 0 unspecified atom stereocenters. The van der Waals surface area contributed by atoms with Gasteiger partial charge in [0.2, 0.25) is 0 Å². The number of aromatic nitrogens is 3. The molecule has 2 N–H and O–H groups in total. The fourth-order valence-electron chi connectivity index (χ4n) is 2.08. The number of halogens is 3. The Balaban J connectivity index is 1.99. The van der Waals surface area contributed by atoms with Gasteiger partial charge in [-0.15, -0.1) is 0 Å². The number of fused-ring (bicyclic) bond motifs is 1. The molecule has 0 aliphatic rings. The molecule has 3 aromatic rings. The average Bonchev–Trinajstić information content (AvgIpc) is 2.80. The van der Waals surface area contributed by atoms with Gasteiger partial charge in [0.25, 0.3) is 0 Å². The standard InChI is InChI=1S/C14H11F3N4/c1-8-5-11-12(20-8)18-7-19-13(11)21-10-4-2-3-9(6-10)14(15,16)17/h2-7H,1H3,(H2,18,19,20,21). The van der Waals surface area contributed by atoms with Crippen molar-refractivity contribution < 1.29 is 13.2 Å². The highest BCUT2D eigenvalue weighted by Crippen LogP contribution is 2.32. The van der Waals surface area contributed by atoms with Gasteiger partial charge in [-0.25, -0.2) is 9.97 Å². The monoisotopic (exact) mass is 292 g/mol. The molecule has 0 fully saturated rings. The second kappa shape index (κ2) is 4.76. The number of nitrogens with one attached hydrogen (secondary N) is 2. The van der Waals surface area contributed by atoms with Crippen LogP contribution >= 0.6 is 0 Å². The fourth-order valence-corrected chi connectivity index (χ4v) is 2.08. The molecule has 3 rings (SSSR count). The Morgan fingerprint density at radius 3 is 2.71 bits per heavy atom. The van der Waals surface area contributed by atoms with E-state index >= 15 is 0 Å². The quantitative estimate of drug-likeness (QED) is 0.749. The lowest BCUT2D eigenvalue weighted by molar-refractivity contribution is -0.137. The summed E-state index contributed by atoms with van der Waals surface area (Å²) >= 11 is 0. The molecule has 0 radical (unpaired) electrons. The van der Waals surface area contributed by atoms with Crippen molar-refractivity contribution in [3.05, 3.63) is 47.9 Å². The number of nitrogens with zero attached hydrogens (tertiary/aromatic N) is 2. The largest absolute Gasteiger partial charge is 0.416 e. The first-order chi connectivity index (χ1) is 9.93. The van der Waals surface area contributed by atoms with E-state index in [0.29, 0.717) is 17.2 Å². The lowest BCUT2D eigenvalue weighted by Gasteiger charge is -2.10. The summed E-state index contributed by atoms with van der Waals surface area (Å²) in [6.07, 6.45) is -3.02. The van der Waals surface area contributed by atoms with Gasteiger partial charge in [-0.05, 0) is 31.2 Å². The number of aryl methyl sites for hydroxylation is 1. The number of benzene rings is 1. The van der Waals surface area contributed by atoms with Crippen LogP contribution in [0.1, 0.15) is 11.3 Å². The van der Waals surface area contributed by atoms with Gasteiger partial charge in [-0.3, -0.25) is 0 Å². The molecule has 2 heterocycles. The number of hydrogen-bond acceptors (Lipinski definition) is 3. The van der Waals surface area contributed by atoms with Gasteiger partial charge >= 0.3 is 6.18 Å². The van der Waals surface area contributed by atoms with Crippen molar-refractivity contribution in [2.24, 2.45) is 0 Å². The molecular weight excluding hydrogens is 281 g/mol. The van der Waals surface area contributed by atoms with Crippen LogP contribution < -0.4 is 5.32 Å². The van der Waals surface area contributed by atoms with Crippen LogP contribution in [0.25, 0.3) is 11.0 Å². The van der Waals surface area contributed by atoms with Crippen LogP contribution in [-0.2, 0) is 6.18 Å². The molecule has 0 spiro atoms. The van der Waals surface area contributed by atoms with Crippen molar-refractivity contribution in [3.8, 4) is 0 Å². The summed E-state index contributed by atoms with van der Waals surface area (Å²) in [5, 5.41) is 3.63. The zero-order valence-corrected chi connectivity index (χ0v) is 11.0. The highest BCUT2D eigenvalue weighted by Gasteiger charge is 2.30. The summed E-state index contributed by atoms with van der Waals surface area (Å²) < 4.78 is 38.1. The topological polar surface area (TPSA) is 53.6 Å². The Morgan fingerprint density at radius 1 is 1.14 bits per heavy atom. The molecule has 7 heteroatoms. The summed E-state index contributed by atoms with van der Waals surface area (Å²) in [5.74, 6) is 0.462. The van der Waals surface area contributed by atoms with Crippen LogP contribution in [0.2, 0.25) is 0 Å². The van der Waals surface area contributed by atoms with Crippen LogP contribution in [-0.4, -0.2) is 15.0 Å². The van der Waals surface area contributed by atoms with E-state index in [1.165, 1.54) is 12.4 Å². The van der Waals surface area contributed by atoms with Gasteiger partial charge < -0.3 is 10.3 Å². The van der Waals surface area contributed by atoms with Gasteiger partial charge in [-0.1, -0.05) is 6.07 Å². The number of alkyl halides is 3. The summed E-state index contributed by atoms with van der Waals surface area (Å²) in [6.45, 7) is 1.87.